The number of carbonyl (C=O) groups is 1. The third-order valence-electron chi connectivity index (χ3n) is 3.44. The van der Waals surface area contributed by atoms with Crippen molar-refractivity contribution in [3.63, 3.8) is 0 Å². The third kappa shape index (κ3) is 7.02. The van der Waals surface area contributed by atoms with E-state index < -0.39 is 6.10 Å². The zero-order chi connectivity index (χ0) is 16.5. The molecule has 2 unspecified atom stereocenters. The Kier molecular flexibility index (Phi) is 8.09. The average molecular weight is 307 g/mol. The Morgan fingerprint density at radius 1 is 1.32 bits per heavy atom. The van der Waals surface area contributed by atoms with Crippen molar-refractivity contribution < 1.29 is 9.90 Å². The lowest BCUT2D eigenvalue weighted by Crippen LogP contribution is -2.40. The summed E-state index contributed by atoms with van der Waals surface area (Å²) in [5.74, 6) is -0.0111. The van der Waals surface area contributed by atoms with Crippen LogP contribution in [0.3, 0.4) is 0 Å². The first-order valence-electron chi connectivity index (χ1n) is 7.86. The van der Waals surface area contributed by atoms with Gasteiger partial charge in [-0.25, -0.2) is 0 Å². The molecule has 0 radical (unpaired) electrons. The van der Waals surface area contributed by atoms with Gasteiger partial charge in [0.1, 0.15) is 0 Å². The molecule has 5 heteroatoms. The molecule has 1 aromatic rings. The molecule has 5 nitrogen and oxygen atoms in total. The Labute approximate surface area is 133 Å². The summed E-state index contributed by atoms with van der Waals surface area (Å²) in [6, 6.07) is 7.87. The molecule has 0 aliphatic rings. The minimum Gasteiger partial charge on any atom is -0.390 e. The largest absolute Gasteiger partial charge is 0.390 e. The van der Waals surface area contributed by atoms with Crippen LogP contribution in [0, 0.1) is 0 Å². The van der Waals surface area contributed by atoms with E-state index in [1.54, 1.807) is 0 Å². The predicted molar refractivity (Wildman–Crippen MR) is 91.1 cm³/mol. The number of aryl methyl sites for hydroxylation is 1. The van der Waals surface area contributed by atoms with Gasteiger partial charge in [-0.3, -0.25) is 4.79 Å². The minimum absolute atomic E-state index is 0.0111. The van der Waals surface area contributed by atoms with Crippen molar-refractivity contribution in [3.8, 4) is 0 Å². The van der Waals surface area contributed by atoms with Crippen molar-refractivity contribution in [2.45, 2.75) is 38.8 Å². The SMILES string of the molecule is CCc1ccccc1NC(=O)CC(C)NCC(O)CN(C)C. The van der Waals surface area contributed by atoms with Crippen LogP contribution in [0.5, 0.6) is 0 Å². The summed E-state index contributed by atoms with van der Waals surface area (Å²) >= 11 is 0. The Morgan fingerprint density at radius 3 is 2.64 bits per heavy atom. The lowest BCUT2D eigenvalue weighted by atomic mass is 10.1. The Balaban J connectivity index is 2.38. The Bertz CT molecular complexity index is 463. The molecule has 1 rings (SSSR count). The van der Waals surface area contributed by atoms with Gasteiger partial charge < -0.3 is 20.6 Å². The van der Waals surface area contributed by atoms with Crippen molar-refractivity contribution >= 4 is 11.6 Å². The van der Waals surface area contributed by atoms with Gasteiger partial charge in [0.25, 0.3) is 0 Å². The van der Waals surface area contributed by atoms with Gasteiger partial charge in [0.2, 0.25) is 5.91 Å². The molecule has 0 aliphatic carbocycles. The molecule has 124 valence electrons. The number of nitrogens with one attached hydrogen (secondary N) is 2. The lowest BCUT2D eigenvalue weighted by Gasteiger charge is -2.19. The molecule has 2 atom stereocenters. The van der Waals surface area contributed by atoms with Crippen LogP contribution in [0.2, 0.25) is 0 Å². The summed E-state index contributed by atoms with van der Waals surface area (Å²) in [5.41, 5.74) is 2.02. The highest BCUT2D eigenvalue weighted by molar-refractivity contribution is 5.91. The number of hydrogen-bond acceptors (Lipinski definition) is 4. The Morgan fingerprint density at radius 2 is 2.00 bits per heavy atom. The summed E-state index contributed by atoms with van der Waals surface area (Å²) in [4.78, 5) is 14.0. The summed E-state index contributed by atoms with van der Waals surface area (Å²) in [7, 11) is 3.84. The van der Waals surface area contributed by atoms with Crippen LogP contribution in [0.25, 0.3) is 0 Å². The van der Waals surface area contributed by atoms with Crippen LogP contribution >= 0.6 is 0 Å². The maximum absolute atomic E-state index is 12.1. The maximum atomic E-state index is 12.1. The molecule has 0 saturated heterocycles. The number of hydrogen-bond donors (Lipinski definition) is 3. The second kappa shape index (κ2) is 9.56. The van der Waals surface area contributed by atoms with Crippen molar-refractivity contribution in [2.24, 2.45) is 0 Å². The fourth-order valence-electron chi connectivity index (χ4n) is 2.33. The smallest absolute Gasteiger partial charge is 0.225 e. The number of likely N-dealkylation sites (N-methyl/N-ethyl adjacent to an activating group) is 1. The van der Waals surface area contributed by atoms with Crippen LogP contribution in [0.15, 0.2) is 24.3 Å². The van der Waals surface area contributed by atoms with Gasteiger partial charge >= 0.3 is 0 Å². The highest BCUT2D eigenvalue weighted by atomic mass is 16.3. The van der Waals surface area contributed by atoms with Gasteiger partial charge in [-0.1, -0.05) is 25.1 Å². The number of benzene rings is 1. The molecule has 0 aromatic heterocycles. The maximum Gasteiger partial charge on any atom is 0.225 e. The fourth-order valence-corrected chi connectivity index (χ4v) is 2.33. The molecule has 3 N–H and O–H groups in total. The van der Waals surface area contributed by atoms with Crippen molar-refractivity contribution in [1.29, 1.82) is 0 Å². The second-order valence-corrected chi connectivity index (χ2v) is 5.99. The zero-order valence-corrected chi connectivity index (χ0v) is 14.1. The number of para-hydroxylation sites is 1. The van der Waals surface area contributed by atoms with Crippen LogP contribution in [0.4, 0.5) is 5.69 Å². The highest BCUT2D eigenvalue weighted by Gasteiger charge is 2.12. The first-order chi connectivity index (χ1) is 10.4. The van der Waals surface area contributed by atoms with E-state index in [0.717, 1.165) is 17.7 Å². The number of amides is 1. The van der Waals surface area contributed by atoms with E-state index in [9.17, 15) is 9.90 Å². The van der Waals surface area contributed by atoms with Crippen molar-refractivity contribution in [1.82, 2.24) is 10.2 Å². The molecule has 0 aliphatic heterocycles. The van der Waals surface area contributed by atoms with Gasteiger partial charge in [-0.2, -0.15) is 0 Å². The quantitative estimate of drug-likeness (QED) is 0.646. The monoisotopic (exact) mass is 307 g/mol. The number of nitrogens with zero attached hydrogens (tertiary/aromatic N) is 1. The molecule has 1 aromatic carbocycles. The van der Waals surface area contributed by atoms with Crippen LogP contribution < -0.4 is 10.6 Å². The molecule has 0 bridgehead atoms. The number of rotatable bonds is 9. The molecule has 0 spiro atoms. The molecule has 1 amide bonds. The molecule has 22 heavy (non-hydrogen) atoms. The van der Waals surface area contributed by atoms with E-state index in [0.29, 0.717) is 19.5 Å². The van der Waals surface area contributed by atoms with Gasteiger partial charge in [0.05, 0.1) is 6.10 Å². The summed E-state index contributed by atoms with van der Waals surface area (Å²) in [6.45, 7) is 5.11. The standard InChI is InChI=1S/C17H29N3O2/c1-5-14-8-6-7-9-16(14)19-17(22)10-13(2)18-11-15(21)12-20(3)4/h6-9,13,15,18,21H,5,10-12H2,1-4H3,(H,19,22). The normalized spacial score (nSPS) is 13.9. The molecular weight excluding hydrogens is 278 g/mol. The van der Waals surface area contributed by atoms with E-state index in [-0.39, 0.29) is 11.9 Å². The van der Waals surface area contributed by atoms with Crippen LogP contribution in [0.1, 0.15) is 25.8 Å². The third-order valence-corrected chi connectivity index (χ3v) is 3.44. The van der Waals surface area contributed by atoms with E-state index in [4.69, 9.17) is 0 Å². The van der Waals surface area contributed by atoms with E-state index in [1.165, 1.54) is 0 Å². The molecular formula is C17H29N3O2. The topological polar surface area (TPSA) is 64.6 Å². The lowest BCUT2D eigenvalue weighted by molar-refractivity contribution is -0.116. The van der Waals surface area contributed by atoms with Gasteiger partial charge in [0.15, 0.2) is 0 Å². The molecule has 0 saturated carbocycles. The summed E-state index contributed by atoms with van der Waals surface area (Å²) in [6.07, 6.45) is 0.842. The first kappa shape index (κ1) is 18.6. The van der Waals surface area contributed by atoms with Crippen LogP contribution in [-0.2, 0) is 11.2 Å². The summed E-state index contributed by atoms with van der Waals surface area (Å²) < 4.78 is 0. The molecule has 0 fully saturated rings. The summed E-state index contributed by atoms with van der Waals surface area (Å²) in [5, 5.41) is 16.0. The van der Waals surface area contributed by atoms with Crippen LogP contribution in [-0.4, -0.2) is 55.2 Å². The molecule has 0 heterocycles. The second-order valence-electron chi connectivity index (χ2n) is 5.99. The number of anilines is 1. The first-order valence-corrected chi connectivity index (χ1v) is 7.86. The predicted octanol–water partition coefficient (Wildman–Crippen LogP) is 1.48. The average Bonchev–Trinajstić information content (AvgIpc) is 2.45. The zero-order valence-electron chi connectivity index (χ0n) is 14.1. The van der Waals surface area contributed by atoms with Crippen molar-refractivity contribution in [2.75, 3.05) is 32.5 Å². The van der Waals surface area contributed by atoms with Gasteiger partial charge in [0, 0.05) is 31.2 Å². The fraction of sp³-hybridized carbons (Fsp3) is 0.588. The number of aliphatic hydroxyl groups is 1. The minimum atomic E-state index is -0.429. The van der Waals surface area contributed by atoms with E-state index in [1.807, 2.05) is 50.2 Å². The van der Waals surface area contributed by atoms with Gasteiger partial charge in [-0.05, 0) is 39.1 Å². The van der Waals surface area contributed by atoms with E-state index in [2.05, 4.69) is 17.6 Å². The number of carbonyl (C=O) groups excluding carboxylic acids is 1. The Hall–Kier alpha value is -1.43. The van der Waals surface area contributed by atoms with Crippen molar-refractivity contribution in [3.05, 3.63) is 29.8 Å². The highest BCUT2D eigenvalue weighted by Crippen LogP contribution is 2.15. The number of aliphatic hydroxyl groups excluding tert-OH is 1. The van der Waals surface area contributed by atoms with Gasteiger partial charge in [-0.15, -0.1) is 0 Å². The van der Waals surface area contributed by atoms with E-state index >= 15 is 0 Å².